The fourth-order valence-electron chi connectivity index (χ4n) is 1.84. The van der Waals surface area contributed by atoms with Crippen LogP contribution in [0.4, 0.5) is 11.4 Å². The van der Waals surface area contributed by atoms with Crippen LogP contribution in [0.2, 0.25) is 10.0 Å². The standard InChI is InChI=1S/C17H14Cl2N2O2/c1-11(22)20-15-8-7-14(19)10-16(15)21-17(23)9-4-12-2-5-13(18)6-3-12/h2-10H,1H3,(H,20,22)(H,21,23). The lowest BCUT2D eigenvalue weighted by Gasteiger charge is -2.10. The molecule has 2 aromatic carbocycles. The summed E-state index contributed by atoms with van der Waals surface area (Å²) in [6, 6.07) is 11.9. The van der Waals surface area contributed by atoms with E-state index in [9.17, 15) is 9.59 Å². The molecule has 23 heavy (non-hydrogen) atoms. The van der Waals surface area contributed by atoms with Gasteiger partial charge in [0.1, 0.15) is 0 Å². The van der Waals surface area contributed by atoms with Crippen molar-refractivity contribution in [3.05, 3.63) is 64.1 Å². The van der Waals surface area contributed by atoms with E-state index in [2.05, 4.69) is 10.6 Å². The van der Waals surface area contributed by atoms with Crippen LogP contribution >= 0.6 is 23.2 Å². The normalized spacial score (nSPS) is 10.6. The highest BCUT2D eigenvalue weighted by atomic mass is 35.5. The lowest BCUT2D eigenvalue weighted by Crippen LogP contribution is -2.13. The molecule has 0 aliphatic rings. The van der Waals surface area contributed by atoms with Gasteiger partial charge < -0.3 is 10.6 Å². The number of hydrogen-bond acceptors (Lipinski definition) is 2. The third-order valence-electron chi connectivity index (χ3n) is 2.85. The fourth-order valence-corrected chi connectivity index (χ4v) is 2.14. The highest BCUT2D eigenvalue weighted by molar-refractivity contribution is 6.31. The smallest absolute Gasteiger partial charge is 0.248 e. The van der Waals surface area contributed by atoms with E-state index in [1.165, 1.54) is 13.0 Å². The fraction of sp³-hybridized carbons (Fsp3) is 0.0588. The number of carbonyl (C=O) groups is 2. The molecule has 4 nitrogen and oxygen atoms in total. The molecule has 2 aromatic rings. The SMILES string of the molecule is CC(=O)Nc1ccc(Cl)cc1NC(=O)C=Cc1ccc(Cl)cc1. The molecule has 0 bridgehead atoms. The number of halogens is 2. The Morgan fingerprint density at radius 3 is 2.22 bits per heavy atom. The second-order valence-corrected chi connectivity index (χ2v) is 5.62. The predicted octanol–water partition coefficient (Wildman–Crippen LogP) is 4.60. The van der Waals surface area contributed by atoms with Gasteiger partial charge >= 0.3 is 0 Å². The van der Waals surface area contributed by atoms with Crippen molar-refractivity contribution in [3.8, 4) is 0 Å². The van der Waals surface area contributed by atoms with Crippen LogP contribution < -0.4 is 10.6 Å². The maximum Gasteiger partial charge on any atom is 0.248 e. The van der Waals surface area contributed by atoms with Gasteiger partial charge in [-0.15, -0.1) is 0 Å². The summed E-state index contributed by atoms with van der Waals surface area (Å²) in [6.07, 6.45) is 3.05. The summed E-state index contributed by atoms with van der Waals surface area (Å²) in [4.78, 5) is 23.2. The number of hydrogen-bond donors (Lipinski definition) is 2. The Bertz CT molecular complexity index is 756. The number of benzene rings is 2. The molecule has 2 rings (SSSR count). The van der Waals surface area contributed by atoms with Crippen molar-refractivity contribution >= 4 is 52.5 Å². The van der Waals surface area contributed by atoms with Gasteiger partial charge in [-0.1, -0.05) is 35.3 Å². The molecule has 0 aliphatic heterocycles. The van der Waals surface area contributed by atoms with Crippen molar-refractivity contribution in [1.29, 1.82) is 0 Å². The third kappa shape index (κ3) is 5.43. The largest absolute Gasteiger partial charge is 0.325 e. The number of rotatable bonds is 4. The third-order valence-corrected chi connectivity index (χ3v) is 3.33. The number of amides is 2. The molecule has 118 valence electrons. The van der Waals surface area contributed by atoms with Crippen molar-refractivity contribution in [2.75, 3.05) is 10.6 Å². The van der Waals surface area contributed by atoms with Gasteiger partial charge in [0.25, 0.3) is 0 Å². The summed E-state index contributed by atoms with van der Waals surface area (Å²) >= 11 is 11.7. The summed E-state index contributed by atoms with van der Waals surface area (Å²) in [6.45, 7) is 1.39. The molecule has 0 saturated carbocycles. The van der Waals surface area contributed by atoms with Crippen LogP contribution in [0.3, 0.4) is 0 Å². The lowest BCUT2D eigenvalue weighted by molar-refractivity contribution is -0.114. The van der Waals surface area contributed by atoms with E-state index in [0.29, 0.717) is 21.4 Å². The molecule has 0 aromatic heterocycles. The van der Waals surface area contributed by atoms with E-state index in [0.717, 1.165) is 5.56 Å². The van der Waals surface area contributed by atoms with Crippen LogP contribution in [0.1, 0.15) is 12.5 Å². The highest BCUT2D eigenvalue weighted by Crippen LogP contribution is 2.26. The van der Waals surface area contributed by atoms with Crippen LogP contribution in [0.5, 0.6) is 0 Å². The van der Waals surface area contributed by atoms with Gasteiger partial charge in [0, 0.05) is 23.0 Å². The molecule has 0 spiro atoms. The Kier molecular flexibility index (Phi) is 5.79. The Balaban J connectivity index is 2.11. The molecule has 0 aliphatic carbocycles. The molecule has 6 heteroatoms. The van der Waals surface area contributed by atoms with Crippen LogP contribution in [-0.4, -0.2) is 11.8 Å². The zero-order chi connectivity index (χ0) is 16.8. The predicted molar refractivity (Wildman–Crippen MR) is 94.9 cm³/mol. The minimum Gasteiger partial charge on any atom is -0.325 e. The minimum absolute atomic E-state index is 0.237. The Morgan fingerprint density at radius 1 is 0.913 bits per heavy atom. The quantitative estimate of drug-likeness (QED) is 0.793. The van der Waals surface area contributed by atoms with E-state index in [4.69, 9.17) is 23.2 Å². The topological polar surface area (TPSA) is 58.2 Å². The highest BCUT2D eigenvalue weighted by Gasteiger charge is 2.07. The minimum atomic E-state index is -0.339. The van der Waals surface area contributed by atoms with E-state index in [-0.39, 0.29) is 11.8 Å². The number of nitrogens with one attached hydrogen (secondary N) is 2. The van der Waals surface area contributed by atoms with Crippen molar-refractivity contribution in [1.82, 2.24) is 0 Å². The maximum absolute atomic E-state index is 12.0. The van der Waals surface area contributed by atoms with Crippen LogP contribution in [0, 0.1) is 0 Å². The van der Waals surface area contributed by atoms with E-state index >= 15 is 0 Å². The summed E-state index contributed by atoms with van der Waals surface area (Å²) in [5.74, 6) is -0.576. The molecule has 2 N–H and O–H groups in total. The Hall–Kier alpha value is -2.30. The molecular weight excluding hydrogens is 335 g/mol. The van der Waals surface area contributed by atoms with Crippen molar-refractivity contribution in [2.24, 2.45) is 0 Å². The summed E-state index contributed by atoms with van der Waals surface area (Å²) < 4.78 is 0. The molecule has 0 unspecified atom stereocenters. The van der Waals surface area contributed by atoms with Crippen LogP contribution in [0.25, 0.3) is 6.08 Å². The Morgan fingerprint density at radius 2 is 1.57 bits per heavy atom. The number of anilines is 2. The zero-order valence-electron chi connectivity index (χ0n) is 12.3. The average Bonchev–Trinajstić information content (AvgIpc) is 2.49. The first-order valence-electron chi connectivity index (χ1n) is 6.76. The molecule has 0 saturated heterocycles. The molecule has 0 fully saturated rings. The van der Waals surface area contributed by atoms with Crippen molar-refractivity contribution < 1.29 is 9.59 Å². The van der Waals surface area contributed by atoms with Gasteiger partial charge in [0.15, 0.2) is 0 Å². The number of carbonyl (C=O) groups excluding carboxylic acids is 2. The first-order chi connectivity index (χ1) is 10.9. The lowest BCUT2D eigenvalue weighted by atomic mass is 10.2. The average molecular weight is 349 g/mol. The van der Waals surface area contributed by atoms with E-state index in [1.54, 1.807) is 48.5 Å². The second-order valence-electron chi connectivity index (χ2n) is 4.75. The van der Waals surface area contributed by atoms with Gasteiger partial charge in [0.2, 0.25) is 11.8 Å². The zero-order valence-corrected chi connectivity index (χ0v) is 13.8. The molecule has 0 radical (unpaired) electrons. The van der Waals surface area contributed by atoms with Gasteiger partial charge in [-0.05, 0) is 42.0 Å². The molecule has 2 amide bonds. The summed E-state index contributed by atoms with van der Waals surface area (Å²) in [7, 11) is 0. The van der Waals surface area contributed by atoms with E-state index < -0.39 is 0 Å². The first-order valence-corrected chi connectivity index (χ1v) is 7.51. The summed E-state index contributed by atoms with van der Waals surface area (Å²) in [5.41, 5.74) is 1.76. The Labute approximate surface area is 144 Å². The second kappa shape index (κ2) is 7.81. The van der Waals surface area contributed by atoms with Crippen LogP contribution in [-0.2, 0) is 9.59 Å². The van der Waals surface area contributed by atoms with E-state index in [1.807, 2.05) is 0 Å². The first kappa shape index (κ1) is 17.1. The van der Waals surface area contributed by atoms with Gasteiger partial charge in [0.05, 0.1) is 11.4 Å². The van der Waals surface area contributed by atoms with Crippen LogP contribution in [0.15, 0.2) is 48.5 Å². The van der Waals surface area contributed by atoms with Gasteiger partial charge in [-0.25, -0.2) is 0 Å². The molecule has 0 atom stereocenters. The summed E-state index contributed by atoms with van der Waals surface area (Å²) in [5, 5.41) is 6.41. The van der Waals surface area contributed by atoms with Gasteiger partial charge in [-0.2, -0.15) is 0 Å². The maximum atomic E-state index is 12.0. The van der Waals surface area contributed by atoms with Gasteiger partial charge in [-0.3, -0.25) is 9.59 Å². The van der Waals surface area contributed by atoms with Crippen molar-refractivity contribution in [3.63, 3.8) is 0 Å². The monoisotopic (exact) mass is 348 g/mol. The molecular formula is C17H14Cl2N2O2. The molecule has 0 heterocycles. The van der Waals surface area contributed by atoms with Crippen molar-refractivity contribution in [2.45, 2.75) is 6.92 Å².